The fourth-order valence-corrected chi connectivity index (χ4v) is 6.22. The van der Waals surface area contributed by atoms with Crippen molar-refractivity contribution in [1.82, 2.24) is 29.0 Å². The molecule has 3 N–H and O–H groups in total. The summed E-state index contributed by atoms with van der Waals surface area (Å²) in [5, 5.41) is 8.83. The van der Waals surface area contributed by atoms with E-state index in [4.69, 9.17) is 0 Å². The quantitative estimate of drug-likeness (QED) is 0.414. The Morgan fingerprint density at radius 1 is 1.06 bits per heavy atom. The van der Waals surface area contributed by atoms with Crippen LogP contribution in [0.25, 0.3) is 10.9 Å². The Labute approximate surface area is 207 Å². The fraction of sp³-hybridized carbons (Fsp3) is 0.565. The number of H-pyrrole nitrogens is 1. The van der Waals surface area contributed by atoms with Gasteiger partial charge in [0.05, 0.1) is 16.6 Å². The first kappa shape index (κ1) is 24.6. The average molecular weight is 520 g/mol. The minimum atomic E-state index is -4.00. The molecular formula is C23H30FN7O4S. The molecule has 0 atom stereocenters. The third-order valence-electron chi connectivity index (χ3n) is 7.17. The van der Waals surface area contributed by atoms with E-state index in [9.17, 15) is 18.0 Å². The Hall–Kier alpha value is -3.06. The number of anilines is 1. The van der Waals surface area contributed by atoms with Gasteiger partial charge in [-0.3, -0.25) is 19.0 Å². The second-order valence-corrected chi connectivity index (χ2v) is 11.2. The lowest BCUT2D eigenvalue weighted by Gasteiger charge is -2.25. The summed E-state index contributed by atoms with van der Waals surface area (Å²) in [5.41, 5.74) is -0.456. The zero-order valence-corrected chi connectivity index (χ0v) is 20.7. The Morgan fingerprint density at radius 2 is 1.78 bits per heavy atom. The fourth-order valence-electron chi connectivity index (χ4n) is 5.37. The van der Waals surface area contributed by atoms with Crippen molar-refractivity contribution >= 4 is 26.6 Å². The molecular weight excluding hydrogens is 489 g/mol. The lowest BCUT2D eigenvalue weighted by molar-refractivity contribution is 0.460. The number of fused-ring (bicyclic) bond motifs is 1. The first-order valence-electron chi connectivity index (χ1n) is 12.5. The number of sulfonamides is 1. The standard InChI is InChI=1S/C23H30FN7O4S/c24-18-12-17-20(13-19(18)28-15-6-2-1-3-7-15)31(16-8-4-5-9-16)23(33)30(21(17)32)11-10-27-36(34,35)22-25-14-26-29-22/h12-16,27-28H,1-11H2,(H,25,26,29). The molecule has 36 heavy (non-hydrogen) atoms. The van der Waals surface area contributed by atoms with E-state index in [1.807, 2.05) is 0 Å². The van der Waals surface area contributed by atoms with Crippen LogP contribution in [0.15, 0.2) is 33.2 Å². The number of aromatic amines is 1. The number of benzene rings is 1. The second-order valence-electron chi connectivity index (χ2n) is 9.56. The lowest BCUT2D eigenvalue weighted by Crippen LogP contribution is -2.43. The van der Waals surface area contributed by atoms with Gasteiger partial charge in [0.1, 0.15) is 12.1 Å². The molecule has 2 aliphatic rings. The van der Waals surface area contributed by atoms with Crippen LogP contribution in [0.2, 0.25) is 0 Å². The van der Waals surface area contributed by atoms with Crippen LogP contribution in [0.3, 0.4) is 0 Å². The van der Waals surface area contributed by atoms with Gasteiger partial charge < -0.3 is 5.32 Å². The summed E-state index contributed by atoms with van der Waals surface area (Å²) in [6, 6.07) is 2.85. The highest BCUT2D eigenvalue weighted by molar-refractivity contribution is 7.89. The molecule has 0 bridgehead atoms. The van der Waals surface area contributed by atoms with Crippen LogP contribution >= 0.6 is 0 Å². The summed E-state index contributed by atoms with van der Waals surface area (Å²) in [6.07, 6.45) is 9.89. The molecule has 2 fully saturated rings. The van der Waals surface area contributed by atoms with Gasteiger partial charge in [-0.25, -0.2) is 27.3 Å². The Bertz CT molecular complexity index is 1450. The summed E-state index contributed by atoms with van der Waals surface area (Å²) in [7, 11) is -4.00. The Morgan fingerprint density at radius 3 is 2.47 bits per heavy atom. The first-order chi connectivity index (χ1) is 17.3. The zero-order chi connectivity index (χ0) is 25.3. The Balaban J connectivity index is 1.52. The maximum atomic E-state index is 15.2. The van der Waals surface area contributed by atoms with E-state index in [0.29, 0.717) is 11.2 Å². The van der Waals surface area contributed by atoms with Crippen molar-refractivity contribution < 1.29 is 12.8 Å². The lowest BCUT2D eigenvalue weighted by atomic mass is 9.95. The molecule has 0 amide bonds. The second kappa shape index (κ2) is 10.1. The number of hydrogen-bond donors (Lipinski definition) is 3. The van der Waals surface area contributed by atoms with Crippen molar-refractivity contribution in [3.05, 3.63) is 45.1 Å². The van der Waals surface area contributed by atoms with E-state index >= 15 is 4.39 Å². The zero-order valence-electron chi connectivity index (χ0n) is 19.9. The smallest absolute Gasteiger partial charge is 0.331 e. The molecule has 11 nitrogen and oxygen atoms in total. The van der Waals surface area contributed by atoms with Crippen LogP contribution in [0.5, 0.6) is 0 Å². The van der Waals surface area contributed by atoms with Crippen LogP contribution < -0.4 is 21.3 Å². The van der Waals surface area contributed by atoms with Crippen molar-refractivity contribution in [1.29, 1.82) is 0 Å². The molecule has 0 aliphatic heterocycles. The first-order valence-corrected chi connectivity index (χ1v) is 13.9. The van der Waals surface area contributed by atoms with Gasteiger partial charge in [0.25, 0.3) is 20.7 Å². The SMILES string of the molecule is O=c1c2cc(F)c(NC3CCCCC3)cc2n(C2CCCC2)c(=O)n1CCNS(=O)(=O)c1nc[nH]n1. The maximum absolute atomic E-state index is 15.2. The van der Waals surface area contributed by atoms with Gasteiger partial charge in [0, 0.05) is 25.2 Å². The van der Waals surface area contributed by atoms with Crippen molar-refractivity contribution in [3.63, 3.8) is 0 Å². The van der Waals surface area contributed by atoms with Gasteiger partial charge in [-0.1, -0.05) is 32.1 Å². The van der Waals surface area contributed by atoms with Crippen LogP contribution in [0, 0.1) is 5.82 Å². The molecule has 0 radical (unpaired) electrons. The molecule has 1 aromatic carbocycles. The van der Waals surface area contributed by atoms with Gasteiger partial charge >= 0.3 is 5.69 Å². The molecule has 2 heterocycles. The van der Waals surface area contributed by atoms with Crippen LogP contribution in [0.4, 0.5) is 10.1 Å². The normalized spacial score (nSPS) is 17.7. The van der Waals surface area contributed by atoms with E-state index in [-0.39, 0.29) is 30.6 Å². The summed E-state index contributed by atoms with van der Waals surface area (Å²) in [5.74, 6) is -0.543. The summed E-state index contributed by atoms with van der Waals surface area (Å²) in [4.78, 5) is 30.5. The monoisotopic (exact) mass is 519 g/mol. The maximum Gasteiger partial charge on any atom is 0.331 e. The van der Waals surface area contributed by atoms with E-state index in [2.05, 4.69) is 25.2 Å². The van der Waals surface area contributed by atoms with Crippen molar-refractivity contribution in [2.75, 3.05) is 11.9 Å². The van der Waals surface area contributed by atoms with E-state index in [1.165, 1.54) is 12.5 Å². The highest BCUT2D eigenvalue weighted by Gasteiger charge is 2.25. The Kier molecular flexibility index (Phi) is 6.93. The highest BCUT2D eigenvalue weighted by Crippen LogP contribution is 2.32. The van der Waals surface area contributed by atoms with Crippen LogP contribution in [0.1, 0.15) is 63.8 Å². The molecule has 2 aromatic heterocycles. The third-order valence-corrected chi connectivity index (χ3v) is 8.43. The van der Waals surface area contributed by atoms with Crippen molar-refractivity contribution in [3.8, 4) is 0 Å². The molecule has 0 saturated heterocycles. The molecule has 3 aromatic rings. The molecule has 5 rings (SSSR count). The molecule has 0 spiro atoms. The topological polar surface area (TPSA) is 144 Å². The predicted molar refractivity (Wildman–Crippen MR) is 132 cm³/mol. The predicted octanol–water partition coefficient (Wildman–Crippen LogP) is 2.26. The average Bonchev–Trinajstić information content (AvgIpc) is 3.58. The number of aromatic nitrogens is 5. The van der Waals surface area contributed by atoms with Gasteiger partial charge in [-0.15, -0.1) is 5.10 Å². The van der Waals surface area contributed by atoms with Crippen LogP contribution in [-0.2, 0) is 16.6 Å². The highest BCUT2D eigenvalue weighted by atomic mass is 32.2. The number of hydrogen-bond acceptors (Lipinski definition) is 7. The van der Waals surface area contributed by atoms with Crippen molar-refractivity contribution in [2.24, 2.45) is 0 Å². The summed E-state index contributed by atoms with van der Waals surface area (Å²) < 4.78 is 44.6. The van der Waals surface area contributed by atoms with Crippen LogP contribution in [-0.4, -0.2) is 45.3 Å². The van der Waals surface area contributed by atoms with E-state index < -0.39 is 32.2 Å². The summed E-state index contributed by atoms with van der Waals surface area (Å²) in [6.45, 7) is -0.445. The van der Waals surface area contributed by atoms with Crippen molar-refractivity contribution in [2.45, 2.75) is 81.6 Å². The minimum Gasteiger partial charge on any atom is -0.380 e. The largest absolute Gasteiger partial charge is 0.380 e. The number of nitrogens with zero attached hydrogens (tertiary/aromatic N) is 4. The molecule has 2 aliphatic carbocycles. The molecule has 13 heteroatoms. The van der Waals surface area contributed by atoms with Gasteiger partial charge in [0.15, 0.2) is 0 Å². The number of nitrogens with one attached hydrogen (secondary N) is 3. The van der Waals surface area contributed by atoms with E-state index in [1.54, 1.807) is 10.6 Å². The number of rotatable bonds is 8. The molecule has 0 unspecified atom stereocenters. The van der Waals surface area contributed by atoms with Gasteiger partial charge in [0.2, 0.25) is 0 Å². The van der Waals surface area contributed by atoms with Gasteiger partial charge in [-0.05, 0) is 37.8 Å². The molecule has 2 saturated carbocycles. The minimum absolute atomic E-state index is 0.102. The van der Waals surface area contributed by atoms with E-state index in [0.717, 1.165) is 62.3 Å². The number of halogens is 1. The third kappa shape index (κ3) is 4.81. The molecule has 194 valence electrons. The summed E-state index contributed by atoms with van der Waals surface area (Å²) >= 11 is 0. The van der Waals surface area contributed by atoms with Gasteiger partial charge in [-0.2, -0.15) is 0 Å².